The van der Waals surface area contributed by atoms with E-state index in [1.54, 1.807) is 17.1 Å². The van der Waals surface area contributed by atoms with Gasteiger partial charge < -0.3 is 5.32 Å². The maximum absolute atomic E-state index is 12.0. The molecule has 114 valence electrons. The number of rotatable bonds is 4. The summed E-state index contributed by atoms with van der Waals surface area (Å²) < 4.78 is 1.54. The Morgan fingerprint density at radius 3 is 2.52 bits per heavy atom. The molecule has 0 aliphatic rings. The Morgan fingerprint density at radius 1 is 1.13 bits per heavy atom. The summed E-state index contributed by atoms with van der Waals surface area (Å²) in [6.07, 6.45) is 3.50. The number of hydrogen-bond donors (Lipinski definition) is 1. The van der Waals surface area contributed by atoms with Crippen molar-refractivity contribution in [2.75, 3.05) is 5.32 Å². The third kappa shape index (κ3) is 3.46. The Morgan fingerprint density at radius 2 is 1.83 bits per heavy atom. The van der Waals surface area contributed by atoms with Crippen LogP contribution in [-0.4, -0.2) is 15.9 Å². The van der Waals surface area contributed by atoms with E-state index in [1.165, 1.54) is 24.3 Å². The van der Waals surface area contributed by atoms with Gasteiger partial charge in [0.25, 0.3) is 18.1 Å². The summed E-state index contributed by atoms with van der Waals surface area (Å²) in [5.74, 6) is -0.258. The molecule has 0 radical (unpaired) electrons. The van der Waals surface area contributed by atoms with Crippen LogP contribution in [0.4, 0.5) is 11.4 Å². The van der Waals surface area contributed by atoms with Gasteiger partial charge >= 0.3 is 0 Å². The number of carbonyl (C=O) groups excluding carboxylic acids is 1. The zero-order valence-corrected chi connectivity index (χ0v) is 12.0. The molecule has 1 amide bonds. The van der Waals surface area contributed by atoms with E-state index >= 15 is 0 Å². The number of amides is 1. The minimum absolute atomic E-state index is 0.0198. The van der Waals surface area contributed by atoms with E-state index in [0.717, 1.165) is 10.8 Å². The number of fused-ring (bicyclic) bond motifs is 1. The molecule has 0 bridgehead atoms. The summed E-state index contributed by atoms with van der Waals surface area (Å²) in [6.45, 7) is 0.0574. The molecule has 3 aromatic rings. The molecule has 1 heterocycles. The minimum atomic E-state index is -0.486. The molecule has 2 aromatic carbocycles. The third-order valence-corrected chi connectivity index (χ3v) is 3.30. The second-order valence-electron chi connectivity index (χ2n) is 4.95. The fourth-order valence-corrected chi connectivity index (χ4v) is 2.18. The first-order valence-corrected chi connectivity index (χ1v) is 6.91. The van der Waals surface area contributed by atoms with Gasteiger partial charge in [0, 0.05) is 28.6 Å². The molecule has 0 saturated heterocycles. The smallest absolute Gasteiger partial charge is 0.292 e. The van der Waals surface area contributed by atoms with Gasteiger partial charge in [0.2, 0.25) is 6.20 Å². The highest BCUT2D eigenvalue weighted by atomic mass is 16.6. The van der Waals surface area contributed by atoms with E-state index in [9.17, 15) is 14.9 Å². The molecular formula is C16H13N4O3+. The number of non-ortho nitro benzene ring substituents is 1. The average Bonchev–Trinajstić information content (AvgIpc) is 2.55. The predicted octanol–water partition coefficient (Wildman–Crippen LogP) is 2.07. The zero-order valence-electron chi connectivity index (χ0n) is 12.0. The summed E-state index contributed by atoms with van der Waals surface area (Å²) in [5.41, 5.74) is 0.482. The molecule has 7 nitrogen and oxygen atoms in total. The number of nitro groups is 1. The third-order valence-electron chi connectivity index (χ3n) is 3.30. The highest BCUT2D eigenvalue weighted by Crippen LogP contribution is 2.15. The number of aromatic nitrogens is 2. The van der Waals surface area contributed by atoms with Gasteiger partial charge in [-0.1, -0.05) is 22.9 Å². The van der Waals surface area contributed by atoms with Gasteiger partial charge in [0.15, 0.2) is 0 Å². The quantitative estimate of drug-likeness (QED) is 0.454. The van der Waals surface area contributed by atoms with E-state index in [-0.39, 0.29) is 18.1 Å². The molecule has 0 fully saturated rings. The number of hydrogen-bond acceptors (Lipinski definition) is 4. The van der Waals surface area contributed by atoms with Gasteiger partial charge in [-0.2, -0.15) is 0 Å². The second-order valence-corrected chi connectivity index (χ2v) is 4.95. The van der Waals surface area contributed by atoms with E-state index in [1.807, 2.05) is 24.3 Å². The van der Waals surface area contributed by atoms with E-state index in [2.05, 4.69) is 10.4 Å². The molecule has 7 heteroatoms. The molecule has 23 heavy (non-hydrogen) atoms. The van der Waals surface area contributed by atoms with Crippen molar-refractivity contribution in [2.24, 2.45) is 0 Å². The van der Waals surface area contributed by atoms with Crippen LogP contribution in [-0.2, 0) is 11.3 Å². The molecule has 3 rings (SSSR count). The fourth-order valence-electron chi connectivity index (χ4n) is 2.18. The van der Waals surface area contributed by atoms with Gasteiger partial charge in [-0.05, 0) is 23.3 Å². The standard InChI is InChI=1S/C16H12N4O3/c21-16(18-14-5-7-15(8-6-14)20(22)23)11-19-10-13-4-2-1-3-12(13)9-17-19/h1-10H,11H2/p+1. The first-order chi connectivity index (χ1) is 11.1. The lowest BCUT2D eigenvalue weighted by Gasteiger charge is -2.02. The van der Waals surface area contributed by atoms with Crippen LogP contribution >= 0.6 is 0 Å². The topological polar surface area (TPSA) is 89.0 Å². The van der Waals surface area contributed by atoms with Crippen LogP contribution in [0.15, 0.2) is 60.9 Å². The first kappa shape index (κ1) is 14.6. The van der Waals surface area contributed by atoms with Gasteiger partial charge in [-0.15, -0.1) is 0 Å². The van der Waals surface area contributed by atoms with E-state index in [0.29, 0.717) is 5.69 Å². The van der Waals surface area contributed by atoms with Crippen molar-refractivity contribution in [1.82, 2.24) is 5.10 Å². The maximum atomic E-state index is 12.0. The van der Waals surface area contributed by atoms with Crippen LogP contribution in [0.25, 0.3) is 10.8 Å². The molecule has 0 spiro atoms. The lowest BCUT2D eigenvalue weighted by Crippen LogP contribution is -2.43. The van der Waals surface area contributed by atoms with Crippen molar-refractivity contribution in [3.05, 3.63) is 71.0 Å². The van der Waals surface area contributed by atoms with Crippen molar-refractivity contribution in [1.29, 1.82) is 0 Å². The van der Waals surface area contributed by atoms with Crippen molar-refractivity contribution >= 4 is 28.1 Å². The molecule has 0 aliphatic carbocycles. The summed E-state index contributed by atoms with van der Waals surface area (Å²) in [4.78, 5) is 22.1. The average molecular weight is 309 g/mol. The van der Waals surface area contributed by atoms with E-state index in [4.69, 9.17) is 0 Å². The van der Waals surface area contributed by atoms with E-state index < -0.39 is 4.92 Å². The van der Waals surface area contributed by atoms with Gasteiger partial charge in [-0.25, -0.2) is 0 Å². The SMILES string of the molecule is O=C(C[n+]1cc2ccccc2cn1)Nc1ccc([N+](=O)[O-])cc1. The summed E-state index contributed by atoms with van der Waals surface area (Å²) >= 11 is 0. The highest BCUT2D eigenvalue weighted by molar-refractivity contribution is 5.89. The van der Waals surface area contributed by atoms with Crippen LogP contribution < -0.4 is 10.00 Å². The molecule has 1 N–H and O–H groups in total. The normalized spacial score (nSPS) is 10.4. The summed E-state index contributed by atoms with van der Waals surface area (Å²) in [6, 6.07) is 13.4. The lowest BCUT2D eigenvalue weighted by atomic mass is 10.2. The number of benzene rings is 2. The highest BCUT2D eigenvalue weighted by Gasteiger charge is 2.13. The van der Waals surface area contributed by atoms with Crippen molar-refractivity contribution < 1.29 is 14.4 Å². The van der Waals surface area contributed by atoms with Crippen LogP contribution in [0.5, 0.6) is 0 Å². The number of nitrogens with one attached hydrogen (secondary N) is 1. The Labute approximate surface area is 131 Å². The van der Waals surface area contributed by atoms with Crippen LogP contribution in [0.1, 0.15) is 0 Å². The number of anilines is 1. The lowest BCUT2D eigenvalue weighted by molar-refractivity contribution is -0.740. The van der Waals surface area contributed by atoms with Gasteiger partial charge in [0.05, 0.1) is 4.92 Å². The Kier molecular flexibility index (Phi) is 3.92. The number of nitro benzene ring substituents is 1. The Hall–Kier alpha value is -3.35. The Balaban J connectivity index is 1.69. The minimum Gasteiger partial charge on any atom is -0.321 e. The summed E-state index contributed by atoms with van der Waals surface area (Å²) in [7, 11) is 0. The maximum Gasteiger partial charge on any atom is 0.292 e. The number of nitrogens with zero attached hydrogens (tertiary/aromatic N) is 3. The molecule has 0 saturated carbocycles. The second kappa shape index (κ2) is 6.18. The summed E-state index contributed by atoms with van der Waals surface area (Å²) in [5, 5.41) is 19.5. The van der Waals surface area contributed by atoms with Crippen LogP contribution in [0.2, 0.25) is 0 Å². The zero-order chi connectivity index (χ0) is 16.2. The largest absolute Gasteiger partial charge is 0.321 e. The first-order valence-electron chi connectivity index (χ1n) is 6.91. The molecule has 0 unspecified atom stereocenters. The van der Waals surface area contributed by atoms with Crippen LogP contribution in [0.3, 0.4) is 0 Å². The van der Waals surface area contributed by atoms with Gasteiger partial charge in [0.1, 0.15) is 6.20 Å². The molecule has 0 atom stereocenters. The van der Waals surface area contributed by atoms with Crippen molar-refractivity contribution in [3.8, 4) is 0 Å². The van der Waals surface area contributed by atoms with Crippen LogP contribution in [0, 0.1) is 10.1 Å². The molecule has 0 aliphatic heterocycles. The molecular weight excluding hydrogens is 296 g/mol. The predicted molar refractivity (Wildman–Crippen MR) is 83.7 cm³/mol. The fraction of sp³-hybridized carbons (Fsp3) is 0.0625. The monoisotopic (exact) mass is 309 g/mol. The molecule has 1 aromatic heterocycles. The Bertz CT molecular complexity index is 878. The number of carbonyl (C=O) groups is 1. The van der Waals surface area contributed by atoms with Crippen molar-refractivity contribution in [2.45, 2.75) is 6.54 Å². The van der Waals surface area contributed by atoms with Crippen molar-refractivity contribution in [3.63, 3.8) is 0 Å². The van der Waals surface area contributed by atoms with Gasteiger partial charge in [-0.3, -0.25) is 14.9 Å².